The third-order valence-corrected chi connectivity index (χ3v) is 5.23. The fraction of sp³-hybridized carbons (Fsp3) is 0.400. The first-order valence-corrected chi connectivity index (χ1v) is 9.69. The normalized spacial score (nSPS) is 17.5. The summed E-state index contributed by atoms with van der Waals surface area (Å²) in [5, 5.41) is 4.04. The molecule has 3 rings (SSSR count). The van der Waals surface area contributed by atoms with Crippen LogP contribution in [-0.4, -0.2) is 30.6 Å². The van der Waals surface area contributed by atoms with Crippen LogP contribution in [0, 0.1) is 0 Å². The fourth-order valence-electron chi connectivity index (χ4n) is 3.35. The van der Waals surface area contributed by atoms with Crippen molar-refractivity contribution in [3.05, 3.63) is 51.6 Å². The number of hydrogen-bond acceptors (Lipinski definition) is 4. The number of nitrogens with one attached hydrogen (secondary N) is 1. The van der Waals surface area contributed by atoms with Crippen molar-refractivity contribution >= 4 is 29.1 Å². The molecule has 27 heavy (non-hydrogen) atoms. The second kappa shape index (κ2) is 8.81. The first-order valence-electron chi connectivity index (χ1n) is 8.93. The van der Waals surface area contributed by atoms with Crippen LogP contribution in [0.15, 0.2) is 30.3 Å². The van der Waals surface area contributed by atoms with E-state index in [2.05, 4.69) is 10.3 Å². The summed E-state index contributed by atoms with van der Waals surface area (Å²) in [7, 11) is 1.54. The van der Waals surface area contributed by atoms with Gasteiger partial charge in [0.2, 0.25) is 11.8 Å². The number of pyridine rings is 1. The Bertz CT molecular complexity index is 829. The van der Waals surface area contributed by atoms with Gasteiger partial charge in [-0.05, 0) is 49.6 Å². The van der Waals surface area contributed by atoms with Gasteiger partial charge >= 0.3 is 0 Å². The summed E-state index contributed by atoms with van der Waals surface area (Å²) in [4.78, 5) is 16.2. The monoisotopic (exact) mass is 408 g/mol. The summed E-state index contributed by atoms with van der Waals surface area (Å²) in [5.41, 5.74) is 1.82. The van der Waals surface area contributed by atoms with Crippen LogP contribution in [0.2, 0.25) is 10.0 Å². The smallest absolute Gasteiger partial charge is 0.232 e. The minimum Gasteiger partial charge on any atom is -0.492 e. The minimum atomic E-state index is -0.0623. The van der Waals surface area contributed by atoms with E-state index in [1.165, 1.54) is 7.11 Å². The predicted octanol–water partition coefficient (Wildman–Crippen LogP) is 4.60. The molecule has 2 atom stereocenters. The van der Waals surface area contributed by atoms with Crippen molar-refractivity contribution < 1.29 is 14.3 Å². The maximum Gasteiger partial charge on any atom is 0.232 e. The summed E-state index contributed by atoms with van der Waals surface area (Å²) < 4.78 is 10.8. The zero-order chi connectivity index (χ0) is 19.4. The zero-order valence-corrected chi connectivity index (χ0v) is 16.8. The molecule has 0 spiro atoms. The van der Waals surface area contributed by atoms with Crippen molar-refractivity contribution in [2.75, 3.05) is 13.7 Å². The molecule has 0 saturated carbocycles. The Balaban J connectivity index is 1.96. The number of nitrogens with zero attached hydrogens (tertiary/aromatic N) is 1. The third kappa shape index (κ3) is 4.66. The van der Waals surface area contributed by atoms with E-state index in [1.807, 2.05) is 31.2 Å². The van der Waals surface area contributed by atoms with Crippen LogP contribution in [-0.2, 0) is 4.79 Å². The molecule has 1 saturated heterocycles. The lowest BCUT2D eigenvalue weighted by molar-refractivity contribution is -0.119. The minimum absolute atomic E-state index is 0.0623. The number of methoxy groups -OCH3 is 1. The number of carbonyl (C=O) groups is 1. The van der Waals surface area contributed by atoms with Crippen LogP contribution in [0.5, 0.6) is 11.6 Å². The van der Waals surface area contributed by atoms with Crippen molar-refractivity contribution in [1.29, 1.82) is 0 Å². The molecule has 1 aliphatic rings. The van der Waals surface area contributed by atoms with Gasteiger partial charge in [-0.1, -0.05) is 29.3 Å². The standard InChI is InChI=1S/C20H22Cl2N2O3/c1-3-27-18-8-4-12(10-16(18)22)14(11-13-5-9-19(25)23-13)17-7-6-15(21)20(24-17)26-2/h4,6-8,10,13-14H,3,5,9,11H2,1-2H3,(H,23,25)/t13-,14?/m1/s1. The Hall–Kier alpha value is -1.98. The molecule has 144 valence electrons. The van der Waals surface area contributed by atoms with Crippen LogP contribution in [0.3, 0.4) is 0 Å². The molecule has 7 heteroatoms. The van der Waals surface area contributed by atoms with Gasteiger partial charge in [0.15, 0.2) is 0 Å². The molecule has 1 aliphatic heterocycles. The lowest BCUT2D eigenvalue weighted by atomic mass is 9.88. The molecule has 1 aromatic carbocycles. The summed E-state index contributed by atoms with van der Waals surface area (Å²) in [6.07, 6.45) is 2.08. The maximum atomic E-state index is 11.6. The van der Waals surface area contributed by atoms with Crippen LogP contribution < -0.4 is 14.8 Å². The lowest BCUT2D eigenvalue weighted by Gasteiger charge is -2.22. The van der Waals surface area contributed by atoms with E-state index in [9.17, 15) is 4.79 Å². The maximum absolute atomic E-state index is 11.6. The van der Waals surface area contributed by atoms with Crippen LogP contribution in [0.1, 0.15) is 43.4 Å². The van der Waals surface area contributed by atoms with Crippen molar-refractivity contribution in [2.45, 2.75) is 38.1 Å². The molecule has 1 aromatic heterocycles. The number of carbonyl (C=O) groups excluding carboxylic acids is 1. The SMILES string of the molecule is CCOc1ccc(C(C[C@H]2CCC(=O)N2)c2ccc(Cl)c(OC)n2)cc1Cl. The van der Waals surface area contributed by atoms with E-state index in [4.69, 9.17) is 32.7 Å². The van der Waals surface area contributed by atoms with Gasteiger partial charge in [-0.25, -0.2) is 4.98 Å². The summed E-state index contributed by atoms with van der Waals surface area (Å²) in [5.74, 6) is 1.06. The summed E-state index contributed by atoms with van der Waals surface area (Å²) in [6.45, 7) is 2.46. The fourth-order valence-corrected chi connectivity index (χ4v) is 3.77. The second-order valence-electron chi connectivity index (χ2n) is 6.44. The molecule has 0 radical (unpaired) electrons. The van der Waals surface area contributed by atoms with E-state index in [-0.39, 0.29) is 17.9 Å². The van der Waals surface area contributed by atoms with E-state index >= 15 is 0 Å². The molecule has 5 nitrogen and oxygen atoms in total. The number of aromatic nitrogens is 1. The Morgan fingerprint density at radius 2 is 2.07 bits per heavy atom. The van der Waals surface area contributed by atoms with Gasteiger partial charge in [0.1, 0.15) is 10.8 Å². The Kier molecular flexibility index (Phi) is 6.45. The lowest BCUT2D eigenvalue weighted by Crippen LogP contribution is -2.27. The zero-order valence-electron chi connectivity index (χ0n) is 15.3. The Morgan fingerprint density at radius 1 is 1.26 bits per heavy atom. The highest BCUT2D eigenvalue weighted by Gasteiger charge is 2.27. The van der Waals surface area contributed by atoms with Gasteiger partial charge in [-0.15, -0.1) is 0 Å². The highest BCUT2D eigenvalue weighted by molar-refractivity contribution is 6.32. The average molecular weight is 409 g/mol. The third-order valence-electron chi connectivity index (χ3n) is 4.65. The number of amides is 1. The van der Waals surface area contributed by atoms with Crippen LogP contribution in [0.25, 0.3) is 0 Å². The average Bonchev–Trinajstić information content (AvgIpc) is 3.07. The summed E-state index contributed by atoms with van der Waals surface area (Å²) in [6, 6.07) is 9.51. The van der Waals surface area contributed by atoms with E-state index in [1.54, 1.807) is 6.07 Å². The molecular formula is C20H22Cl2N2O3. The second-order valence-corrected chi connectivity index (χ2v) is 7.26. The predicted molar refractivity (Wildman–Crippen MR) is 106 cm³/mol. The number of hydrogen-bond donors (Lipinski definition) is 1. The Morgan fingerprint density at radius 3 is 2.70 bits per heavy atom. The van der Waals surface area contributed by atoms with Gasteiger partial charge in [0.25, 0.3) is 0 Å². The first kappa shape index (κ1) is 19.8. The highest BCUT2D eigenvalue weighted by Crippen LogP contribution is 2.36. The molecule has 0 bridgehead atoms. The number of halogens is 2. The molecule has 1 N–H and O–H groups in total. The molecule has 1 unspecified atom stereocenters. The Labute approximate surface area is 169 Å². The number of ether oxygens (including phenoxy) is 2. The molecule has 2 aromatic rings. The molecule has 2 heterocycles. The molecule has 0 aliphatic carbocycles. The van der Waals surface area contributed by atoms with Gasteiger partial charge < -0.3 is 14.8 Å². The van der Waals surface area contributed by atoms with Crippen molar-refractivity contribution in [2.24, 2.45) is 0 Å². The van der Waals surface area contributed by atoms with Gasteiger partial charge in [0.05, 0.1) is 24.4 Å². The number of benzene rings is 1. The van der Waals surface area contributed by atoms with Gasteiger partial charge in [-0.3, -0.25) is 4.79 Å². The highest BCUT2D eigenvalue weighted by atomic mass is 35.5. The quantitative estimate of drug-likeness (QED) is 0.727. The van der Waals surface area contributed by atoms with Gasteiger partial charge in [-0.2, -0.15) is 0 Å². The van der Waals surface area contributed by atoms with E-state index in [0.29, 0.717) is 41.1 Å². The topological polar surface area (TPSA) is 60.5 Å². The summed E-state index contributed by atoms with van der Waals surface area (Å²) >= 11 is 12.5. The molecular weight excluding hydrogens is 387 g/mol. The van der Waals surface area contributed by atoms with Crippen LogP contribution in [0.4, 0.5) is 0 Å². The largest absolute Gasteiger partial charge is 0.492 e. The van der Waals surface area contributed by atoms with Crippen LogP contribution >= 0.6 is 23.2 Å². The van der Waals surface area contributed by atoms with E-state index < -0.39 is 0 Å². The van der Waals surface area contributed by atoms with Crippen molar-refractivity contribution in [1.82, 2.24) is 10.3 Å². The van der Waals surface area contributed by atoms with E-state index in [0.717, 1.165) is 17.7 Å². The molecule has 1 amide bonds. The first-order chi connectivity index (χ1) is 13.0. The molecule has 1 fully saturated rings. The number of rotatable bonds is 7. The van der Waals surface area contributed by atoms with Crippen molar-refractivity contribution in [3.8, 4) is 11.6 Å². The van der Waals surface area contributed by atoms with Gasteiger partial charge in [0, 0.05) is 18.4 Å². The van der Waals surface area contributed by atoms with Crippen molar-refractivity contribution in [3.63, 3.8) is 0 Å².